The zero-order valence-electron chi connectivity index (χ0n) is 9.63. The molecule has 1 aromatic rings. The highest BCUT2D eigenvalue weighted by Gasteiger charge is 2.06. The quantitative estimate of drug-likeness (QED) is 0.826. The van der Waals surface area contributed by atoms with E-state index >= 15 is 0 Å². The Labute approximate surface area is 90.9 Å². The molecule has 15 heavy (non-hydrogen) atoms. The number of nitrogens with zero attached hydrogens (tertiary/aromatic N) is 1. The van der Waals surface area contributed by atoms with Gasteiger partial charge in [-0.1, -0.05) is 13.8 Å². The molecule has 0 aliphatic rings. The van der Waals surface area contributed by atoms with E-state index in [2.05, 4.69) is 13.8 Å². The molecule has 0 fully saturated rings. The van der Waals surface area contributed by atoms with E-state index < -0.39 is 0 Å². The van der Waals surface area contributed by atoms with Crippen molar-refractivity contribution in [2.45, 2.75) is 20.4 Å². The van der Waals surface area contributed by atoms with Gasteiger partial charge < -0.3 is 10.6 Å². The highest BCUT2D eigenvalue weighted by atomic mass is 19.1. The second-order valence-electron chi connectivity index (χ2n) is 4.30. The smallest absolute Gasteiger partial charge is 0.125 e. The van der Waals surface area contributed by atoms with Gasteiger partial charge >= 0.3 is 0 Å². The molecular weight excluding hydrogens is 191 g/mol. The normalized spacial score (nSPS) is 10.8. The molecule has 3 heteroatoms. The number of hydrogen-bond donors (Lipinski definition) is 1. The maximum Gasteiger partial charge on any atom is 0.125 e. The third-order valence-corrected chi connectivity index (χ3v) is 2.26. The Morgan fingerprint density at radius 1 is 1.33 bits per heavy atom. The highest BCUT2D eigenvalue weighted by Crippen LogP contribution is 2.18. The van der Waals surface area contributed by atoms with Gasteiger partial charge in [0.15, 0.2) is 0 Å². The van der Waals surface area contributed by atoms with Crippen molar-refractivity contribution in [2.24, 2.45) is 11.7 Å². The number of halogens is 1. The molecule has 0 bridgehead atoms. The second-order valence-corrected chi connectivity index (χ2v) is 4.30. The molecule has 2 nitrogen and oxygen atoms in total. The first-order valence-electron chi connectivity index (χ1n) is 5.23. The minimum Gasteiger partial charge on any atom is -0.374 e. The summed E-state index contributed by atoms with van der Waals surface area (Å²) in [4.78, 5) is 2.05. The lowest BCUT2D eigenvalue weighted by Crippen LogP contribution is -2.22. The Kier molecular flexibility index (Phi) is 4.09. The van der Waals surface area contributed by atoms with Gasteiger partial charge in [-0.3, -0.25) is 0 Å². The number of nitrogens with two attached hydrogens (primary N) is 1. The summed E-state index contributed by atoms with van der Waals surface area (Å²) in [6.07, 6.45) is 0. The lowest BCUT2D eigenvalue weighted by atomic mass is 10.1. The fourth-order valence-electron chi connectivity index (χ4n) is 1.62. The van der Waals surface area contributed by atoms with Crippen molar-refractivity contribution in [2.75, 3.05) is 18.5 Å². The van der Waals surface area contributed by atoms with Crippen LogP contribution in [0.25, 0.3) is 0 Å². The second kappa shape index (κ2) is 5.12. The summed E-state index contributed by atoms with van der Waals surface area (Å²) in [7, 11) is 1.97. The lowest BCUT2D eigenvalue weighted by molar-refractivity contribution is 0.617. The lowest BCUT2D eigenvalue weighted by Gasteiger charge is -2.22. The summed E-state index contributed by atoms with van der Waals surface area (Å²) < 4.78 is 13.2. The van der Waals surface area contributed by atoms with E-state index in [4.69, 9.17) is 5.73 Å². The van der Waals surface area contributed by atoms with Gasteiger partial charge in [0.25, 0.3) is 0 Å². The molecule has 1 rings (SSSR count). The Balaban J connectivity index is 2.88. The SMILES string of the molecule is CC(C)CN(C)c1cc(F)cc(CN)c1. The molecule has 0 aliphatic carbocycles. The zero-order chi connectivity index (χ0) is 11.4. The van der Waals surface area contributed by atoms with Crippen LogP contribution in [0, 0.1) is 11.7 Å². The monoisotopic (exact) mass is 210 g/mol. The van der Waals surface area contributed by atoms with Crippen LogP contribution in [0.4, 0.5) is 10.1 Å². The zero-order valence-corrected chi connectivity index (χ0v) is 9.63. The Hall–Kier alpha value is -1.09. The first kappa shape index (κ1) is 12.0. The predicted octanol–water partition coefficient (Wildman–Crippen LogP) is 2.38. The summed E-state index contributed by atoms with van der Waals surface area (Å²) >= 11 is 0. The standard InChI is InChI=1S/C12H19FN2/c1-9(2)8-15(3)12-5-10(7-14)4-11(13)6-12/h4-6,9H,7-8,14H2,1-3H3. The summed E-state index contributed by atoms with van der Waals surface area (Å²) in [6, 6.07) is 4.96. The van der Waals surface area contributed by atoms with Crippen LogP contribution in [-0.2, 0) is 6.54 Å². The fourth-order valence-corrected chi connectivity index (χ4v) is 1.62. The highest BCUT2D eigenvalue weighted by molar-refractivity contribution is 5.48. The van der Waals surface area contributed by atoms with Crippen LogP contribution in [0.1, 0.15) is 19.4 Å². The van der Waals surface area contributed by atoms with E-state index in [1.807, 2.05) is 18.0 Å². The molecule has 1 aromatic carbocycles. The first-order valence-corrected chi connectivity index (χ1v) is 5.23. The number of anilines is 1. The minimum atomic E-state index is -0.219. The van der Waals surface area contributed by atoms with Crippen molar-refractivity contribution in [3.05, 3.63) is 29.6 Å². The van der Waals surface area contributed by atoms with Crippen molar-refractivity contribution in [1.29, 1.82) is 0 Å². The van der Waals surface area contributed by atoms with Crippen LogP contribution in [0.5, 0.6) is 0 Å². The first-order chi connectivity index (χ1) is 7.02. The van der Waals surface area contributed by atoms with Crippen LogP contribution < -0.4 is 10.6 Å². The average Bonchev–Trinajstić information content (AvgIpc) is 2.15. The van der Waals surface area contributed by atoms with Crippen molar-refractivity contribution < 1.29 is 4.39 Å². The number of benzene rings is 1. The molecule has 0 spiro atoms. The van der Waals surface area contributed by atoms with Crippen molar-refractivity contribution in [1.82, 2.24) is 0 Å². The van der Waals surface area contributed by atoms with Crippen molar-refractivity contribution in [3.8, 4) is 0 Å². The fraction of sp³-hybridized carbons (Fsp3) is 0.500. The molecule has 0 aliphatic heterocycles. The Morgan fingerprint density at radius 2 is 2.00 bits per heavy atom. The van der Waals surface area contributed by atoms with Crippen molar-refractivity contribution in [3.63, 3.8) is 0 Å². The molecule has 0 saturated carbocycles. The summed E-state index contributed by atoms with van der Waals surface area (Å²) in [5.41, 5.74) is 7.23. The van der Waals surface area contributed by atoms with E-state index in [0.717, 1.165) is 17.8 Å². The third-order valence-electron chi connectivity index (χ3n) is 2.26. The van der Waals surface area contributed by atoms with Crippen LogP contribution in [0.2, 0.25) is 0 Å². The van der Waals surface area contributed by atoms with E-state index in [9.17, 15) is 4.39 Å². The van der Waals surface area contributed by atoms with Gasteiger partial charge in [0.2, 0.25) is 0 Å². The average molecular weight is 210 g/mol. The van der Waals surface area contributed by atoms with E-state index in [0.29, 0.717) is 12.5 Å². The van der Waals surface area contributed by atoms with E-state index in [1.165, 1.54) is 6.07 Å². The van der Waals surface area contributed by atoms with Gasteiger partial charge in [0, 0.05) is 25.8 Å². The van der Waals surface area contributed by atoms with Crippen molar-refractivity contribution >= 4 is 5.69 Å². The van der Waals surface area contributed by atoms with E-state index in [1.54, 1.807) is 6.07 Å². The molecule has 0 radical (unpaired) electrons. The Morgan fingerprint density at radius 3 is 2.53 bits per heavy atom. The number of hydrogen-bond acceptors (Lipinski definition) is 2. The largest absolute Gasteiger partial charge is 0.374 e. The van der Waals surface area contributed by atoms with Crippen LogP contribution in [0.3, 0.4) is 0 Å². The molecule has 0 heterocycles. The molecule has 0 atom stereocenters. The van der Waals surface area contributed by atoms with Gasteiger partial charge in [-0.25, -0.2) is 4.39 Å². The number of rotatable bonds is 4. The maximum atomic E-state index is 13.2. The summed E-state index contributed by atoms with van der Waals surface area (Å²) in [5, 5.41) is 0. The molecule has 2 N–H and O–H groups in total. The predicted molar refractivity (Wildman–Crippen MR) is 62.4 cm³/mol. The summed E-state index contributed by atoms with van der Waals surface area (Å²) in [5.74, 6) is 0.336. The summed E-state index contributed by atoms with van der Waals surface area (Å²) in [6.45, 7) is 5.56. The topological polar surface area (TPSA) is 29.3 Å². The molecular formula is C12H19FN2. The molecule has 0 unspecified atom stereocenters. The maximum absolute atomic E-state index is 13.2. The van der Waals surface area contributed by atoms with Crippen LogP contribution in [0.15, 0.2) is 18.2 Å². The van der Waals surface area contributed by atoms with Gasteiger partial charge in [0.1, 0.15) is 5.82 Å². The van der Waals surface area contributed by atoms with Crippen LogP contribution >= 0.6 is 0 Å². The molecule has 84 valence electrons. The Bertz CT molecular complexity index is 323. The molecule has 0 aromatic heterocycles. The molecule has 0 amide bonds. The van der Waals surface area contributed by atoms with Gasteiger partial charge in [-0.2, -0.15) is 0 Å². The minimum absolute atomic E-state index is 0.219. The molecule has 0 saturated heterocycles. The third kappa shape index (κ3) is 3.51. The van der Waals surface area contributed by atoms with Gasteiger partial charge in [-0.05, 0) is 29.7 Å². The van der Waals surface area contributed by atoms with Gasteiger partial charge in [0.05, 0.1) is 0 Å². The van der Waals surface area contributed by atoms with E-state index in [-0.39, 0.29) is 5.82 Å². The van der Waals surface area contributed by atoms with Crippen LogP contribution in [-0.4, -0.2) is 13.6 Å². The van der Waals surface area contributed by atoms with Gasteiger partial charge in [-0.15, -0.1) is 0 Å².